The topological polar surface area (TPSA) is 54.8 Å². The molecule has 0 spiro atoms. The van der Waals surface area contributed by atoms with Crippen molar-refractivity contribution < 1.29 is 9.53 Å². The smallest absolute Gasteiger partial charge is 0.259 e. The fourth-order valence-corrected chi connectivity index (χ4v) is 4.47. The number of benzene rings is 1. The second kappa shape index (κ2) is 10.9. The van der Waals surface area contributed by atoms with Crippen LogP contribution in [0.2, 0.25) is 5.02 Å². The van der Waals surface area contributed by atoms with E-state index in [2.05, 4.69) is 11.8 Å². The number of halogens is 1. The average Bonchev–Trinajstić information content (AvgIpc) is 2.75. The molecule has 1 amide bonds. The first kappa shape index (κ1) is 23.5. The number of piperazine rings is 1. The summed E-state index contributed by atoms with van der Waals surface area (Å²) >= 11 is 6.33. The van der Waals surface area contributed by atoms with Gasteiger partial charge in [0.15, 0.2) is 5.43 Å². The molecule has 1 aliphatic heterocycles. The van der Waals surface area contributed by atoms with Crippen molar-refractivity contribution in [1.29, 1.82) is 0 Å². The molecule has 0 N–H and O–H groups in total. The first-order valence-electron chi connectivity index (χ1n) is 10.9. The Morgan fingerprint density at radius 2 is 1.84 bits per heavy atom. The summed E-state index contributed by atoms with van der Waals surface area (Å²) in [4.78, 5) is 30.5. The molecule has 0 unspecified atom stereocenters. The number of amides is 1. The van der Waals surface area contributed by atoms with E-state index >= 15 is 0 Å². The fraction of sp³-hybridized carbons (Fsp3) is 0.500. The SMILES string of the molecule is CCCN1CCN(C(=O)c2c(COC)n(CCc3ccccc3Cl)c(C)cc2=O)CC1. The number of rotatable bonds is 8. The predicted octanol–water partition coefficient (Wildman–Crippen LogP) is 3.37. The molecule has 7 heteroatoms. The summed E-state index contributed by atoms with van der Waals surface area (Å²) in [6.45, 7) is 8.86. The van der Waals surface area contributed by atoms with Gasteiger partial charge in [-0.05, 0) is 37.9 Å². The minimum atomic E-state index is -0.237. The van der Waals surface area contributed by atoms with Gasteiger partial charge in [-0.25, -0.2) is 0 Å². The number of hydrogen-bond acceptors (Lipinski definition) is 4. The van der Waals surface area contributed by atoms with Crippen LogP contribution in [0.25, 0.3) is 0 Å². The Labute approximate surface area is 189 Å². The van der Waals surface area contributed by atoms with Crippen molar-refractivity contribution in [3.8, 4) is 0 Å². The van der Waals surface area contributed by atoms with Crippen LogP contribution in [0.1, 0.15) is 40.7 Å². The quantitative estimate of drug-likeness (QED) is 0.625. The van der Waals surface area contributed by atoms with E-state index in [-0.39, 0.29) is 23.5 Å². The summed E-state index contributed by atoms with van der Waals surface area (Å²) in [5.41, 5.74) is 2.48. The van der Waals surface area contributed by atoms with Gasteiger partial charge in [0.2, 0.25) is 0 Å². The fourth-order valence-electron chi connectivity index (χ4n) is 4.24. The summed E-state index contributed by atoms with van der Waals surface area (Å²) < 4.78 is 7.44. The molecule has 0 aliphatic carbocycles. The average molecular weight is 446 g/mol. The van der Waals surface area contributed by atoms with Crippen molar-refractivity contribution >= 4 is 17.5 Å². The van der Waals surface area contributed by atoms with Crippen molar-refractivity contribution in [2.75, 3.05) is 39.8 Å². The number of aryl methyl sites for hydroxylation is 2. The number of carbonyl (C=O) groups is 1. The standard InChI is InChI=1S/C24H32ClN3O3/c1-4-10-26-12-14-27(15-13-26)24(30)23-21(17-31-3)28(18(2)16-22(23)29)11-9-19-7-5-6-8-20(19)25/h5-8,16H,4,9-15,17H2,1-3H3. The molecule has 3 rings (SSSR count). The van der Waals surface area contributed by atoms with Crippen LogP contribution < -0.4 is 5.43 Å². The Balaban J connectivity index is 1.89. The van der Waals surface area contributed by atoms with Crippen molar-refractivity contribution in [3.63, 3.8) is 0 Å². The Hall–Kier alpha value is -2.15. The molecule has 31 heavy (non-hydrogen) atoms. The van der Waals surface area contributed by atoms with E-state index in [9.17, 15) is 9.59 Å². The van der Waals surface area contributed by atoms with Gasteiger partial charge >= 0.3 is 0 Å². The van der Waals surface area contributed by atoms with Crippen molar-refractivity contribution in [3.05, 3.63) is 68.1 Å². The molecule has 1 aromatic heterocycles. The van der Waals surface area contributed by atoms with E-state index in [0.29, 0.717) is 31.7 Å². The Bertz CT molecular complexity index is 965. The molecule has 0 radical (unpaired) electrons. The summed E-state index contributed by atoms with van der Waals surface area (Å²) in [7, 11) is 1.59. The third-order valence-corrected chi connectivity index (χ3v) is 6.25. The zero-order chi connectivity index (χ0) is 22.4. The molecule has 1 fully saturated rings. The van der Waals surface area contributed by atoms with Gasteiger partial charge in [-0.2, -0.15) is 0 Å². The van der Waals surface area contributed by atoms with Crippen LogP contribution in [0, 0.1) is 6.92 Å². The molecular formula is C24H32ClN3O3. The molecule has 168 valence electrons. The summed E-state index contributed by atoms with van der Waals surface area (Å²) in [5, 5.41) is 0.718. The van der Waals surface area contributed by atoms with Gasteiger partial charge in [-0.1, -0.05) is 36.7 Å². The summed E-state index contributed by atoms with van der Waals surface area (Å²) in [6, 6.07) is 9.30. The van der Waals surface area contributed by atoms with E-state index in [4.69, 9.17) is 16.3 Å². The highest BCUT2D eigenvalue weighted by molar-refractivity contribution is 6.31. The molecule has 0 bridgehead atoms. The minimum absolute atomic E-state index is 0.195. The van der Waals surface area contributed by atoms with Crippen LogP contribution in [0.5, 0.6) is 0 Å². The second-order valence-electron chi connectivity index (χ2n) is 8.03. The molecule has 2 aromatic rings. The lowest BCUT2D eigenvalue weighted by Crippen LogP contribution is -2.50. The Morgan fingerprint density at radius 1 is 1.13 bits per heavy atom. The van der Waals surface area contributed by atoms with Gasteiger partial charge < -0.3 is 14.2 Å². The van der Waals surface area contributed by atoms with Gasteiger partial charge in [-0.15, -0.1) is 0 Å². The largest absolute Gasteiger partial charge is 0.378 e. The Morgan fingerprint density at radius 3 is 2.48 bits per heavy atom. The van der Waals surface area contributed by atoms with Crippen molar-refractivity contribution in [2.45, 2.75) is 39.8 Å². The first-order chi connectivity index (χ1) is 15.0. The normalized spacial score (nSPS) is 14.8. The molecule has 2 heterocycles. The van der Waals surface area contributed by atoms with Gasteiger partial charge in [0.1, 0.15) is 5.56 Å². The summed E-state index contributed by atoms with van der Waals surface area (Å²) in [5.74, 6) is -0.195. The number of aromatic nitrogens is 1. The van der Waals surface area contributed by atoms with Crippen LogP contribution in [-0.2, 0) is 24.3 Å². The lowest BCUT2D eigenvalue weighted by atomic mass is 10.1. The van der Waals surface area contributed by atoms with E-state index in [1.165, 1.54) is 0 Å². The van der Waals surface area contributed by atoms with Crippen LogP contribution in [0.15, 0.2) is 35.1 Å². The monoisotopic (exact) mass is 445 g/mol. The number of pyridine rings is 1. The Kier molecular flexibility index (Phi) is 8.29. The highest BCUT2D eigenvalue weighted by Gasteiger charge is 2.27. The molecule has 0 atom stereocenters. The zero-order valence-corrected chi connectivity index (χ0v) is 19.5. The third-order valence-electron chi connectivity index (χ3n) is 5.88. The van der Waals surface area contributed by atoms with Crippen LogP contribution in [0.4, 0.5) is 0 Å². The molecule has 1 aromatic carbocycles. The first-order valence-corrected chi connectivity index (χ1v) is 11.3. The second-order valence-corrected chi connectivity index (χ2v) is 8.44. The van der Waals surface area contributed by atoms with E-state index < -0.39 is 0 Å². The van der Waals surface area contributed by atoms with Crippen LogP contribution in [0.3, 0.4) is 0 Å². The molecule has 1 saturated heterocycles. The van der Waals surface area contributed by atoms with Gasteiger partial charge in [0.05, 0.1) is 12.3 Å². The lowest BCUT2D eigenvalue weighted by molar-refractivity contribution is 0.0629. The van der Waals surface area contributed by atoms with E-state index in [1.807, 2.05) is 35.8 Å². The van der Waals surface area contributed by atoms with Gasteiger partial charge in [0, 0.05) is 56.6 Å². The summed E-state index contributed by atoms with van der Waals surface area (Å²) in [6.07, 6.45) is 1.80. The van der Waals surface area contributed by atoms with E-state index in [1.54, 1.807) is 18.1 Å². The minimum Gasteiger partial charge on any atom is -0.378 e. The highest BCUT2D eigenvalue weighted by Crippen LogP contribution is 2.19. The number of nitrogens with zero attached hydrogens (tertiary/aromatic N) is 3. The van der Waals surface area contributed by atoms with Gasteiger partial charge in [-0.3, -0.25) is 14.5 Å². The van der Waals surface area contributed by atoms with E-state index in [0.717, 1.165) is 42.3 Å². The highest BCUT2D eigenvalue weighted by atomic mass is 35.5. The number of hydrogen-bond donors (Lipinski definition) is 0. The molecule has 0 saturated carbocycles. The van der Waals surface area contributed by atoms with Crippen LogP contribution >= 0.6 is 11.6 Å². The third kappa shape index (κ3) is 5.56. The maximum Gasteiger partial charge on any atom is 0.259 e. The maximum absolute atomic E-state index is 13.4. The van der Waals surface area contributed by atoms with Crippen molar-refractivity contribution in [1.82, 2.24) is 14.4 Å². The maximum atomic E-state index is 13.4. The lowest BCUT2D eigenvalue weighted by Gasteiger charge is -2.35. The molecule has 6 nitrogen and oxygen atoms in total. The van der Waals surface area contributed by atoms with Crippen LogP contribution in [-0.4, -0.2) is 60.1 Å². The molecular weight excluding hydrogens is 414 g/mol. The molecule has 1 aliphatic rings. The zero-order valence-electron chi connectivity index (χ0n) is 18.7. The van der Waals surface area contributed by atoms with Gasteiger partial charge in [0.25, 0.3) is 5.91 Å². The number of methoxy groups -OCH3 is 1. The van der Waals surface area contributed by atoms with Crippen molar-refractivity contribution in [2.24, 2.45) is 0 Å². The predicted molar refractivity (Wildman–Crippen MR) is 124 cm³/mol. The number of ether oxygens (including phenoxy) is 1. The number of carbonyl (C=O) groups excluding carboxylic acids is 1.